The Morgan fingerprint density at radius 3 is 1.90 bits per heavy atom. The van der Waals surface area contributed by atoms with Gasteiger partial charge in [-0.15, -0.1) is 0 Å². The first-order chi connectivity index (χ1) is 4.71. The Hall–Kier alpha value is -0.0400. The van der Waals surface area contributed by atoms with E-state index in [9.17, 15) is 0 Å². The maximum absolute atomic E-state index is 2.42. The Kier molecular flexibility index (Phi) is 2.35. The van der Waals surface area contributed by atoms with Gasteiger partial charge in [0.2, 0.25) is 0 Å². The van der Waals surface area contributed by atoms with Crippen molar-refractivity contribution >= 4 is 0 Å². The average Bonchev–Trinajstić information content (AvgIpc) is 2.35. The number of hydrogen-bond acceptors (Lipinski definition) is 1. The summed E-state index contributed by atoms with van der Waals surface area (Å²) in [6.07, 6.45) is 7.02. The van der Waals surface area contributed by atoms with E-state index in [2.05, 4.69) is 25.9 Å². The Bertz CT molecular complexity index is 101. The molecule has 0 N–H and O–H groups in total. The van der Waals surface area contributed by atoms with Crippen molar-refractivity contribution in [3.05, 3.63) is 0 Å². The molecule has 1 aliphatic carbocycles. The molecule has 0 atom stereocenters. The topological polar surface area (TPSA) is 3.24 Å². The fourth-order valence-electron chi connectivity index (χ4n) is 2.15. The van der Waals surface area contributed by atoms with Crippen LogP contribution in [0.2, 0.25) is 0 Å². The van der Waals surface area contributed by atoms with Crippen LogP contribution in [0.1, 0.15) is 39.0 Å². The number of rotatable bonds is 2. The van der Waals surface area contributed by atoms with Gasteiger partial charge >= 0.3 is 0 Å². The molecule has 0 unspecified atom stereocenters. The Morgan fingerprint density at radius 2 is 1.70 bits per heavy atom. The van der Waals surface area contributed by atoms with Crippen molar-refractivity contribution in [2.24, 2.45) is 0 Å². The Labute approximate surface area is 64.4 Å². The lowest BCUT2D eigenvalue weighted by atomic mass is 9.93. The summed E-state index contributed by atoms with van der Waals surface area (Å²) in [4.78, 5) is 2.42. The van der Waals surface area contributed by atoms with E-state index in [4.69, 9.17) is 0 Å². The van der Waals surface area contributed by atoms with E-state index in [-0.39, 0.29) is 0 Å². The van der Waals surface area contributed by atoms with Gasteiger partial charge in [-0.3, -0.25) is 0 Å². The second-order valence-electron chi connectivity index (χ2n) is 3.68. The van der Waals surface area contributed by atoms with Crippen LogP contribution in [0.5, 0.6) is 0 Å². The van der Waals surface area contributed by atoms with Gasteiger partial charge in [0.15, 0.2) is 0 Å². The lowest BCUT2D eigenvalue weighted by Crippen LogP contribution is -2.40. The second kappa shape index (κ2) is 2.91. The first-order valence-electron chi connectivity index (χ1n) is 4.39. The third kappa shape index (κ3) is 1.20. The zero-order valence-electron chi connectivity index (χ0n) is 7.48. The summed E-state index contributed by atoms with van der Waals surface area (Å²) in [5.74, 6) is 0. The normalized spacial score (nSPS) is 24.0. The smallest absolute Gasteiger partial charge is 0.0200 e. The molecule has 0 saturated heterocycles. The van der Waals surface area contributed by atoms with Crippen molar-refractivity contribution < 1.29 is 0 Å². The standard InChI is InChI=1S/C9H19N/c1-4-9(10(2)3)7-5-6-8-9/h4-8H2,1-3H3. The van der Waals surface area contributed by atoms with Gasteiger partial charge in [0.1, 0.15) is 0 Å². The summed E-state index contributed by atoms with van der Waals surface area (Å²) >= 11 is 0. The molecule has 0 spiro atoms. The highest BCUT2D eigenvalue weighted by atomic mass is 15.1. The first kappa shape index (κ1) is 8.06. The van der Waals surface area contributed by atoms with E-state index in [1.165, 1.54) is 32.1 Å². The lowest BCUT2D eigenvalue weighted by Gasteiger charge is -2.35. The molecule has 0 amide bonds. The van der Waals surface area contributed by atoms with Crippen molar-refractivity contribution in [1.29, 1.82) is 0 Å². The highest BCUT2D eigenvalue weighted by molar-refractivity contribution is 4.90. The summed E-state index contributed by atoms with van der Waals surface area (Å²) in [6, 6.07) is 0. The van der Waals surface area contributed by atoms with Gasteiger partial charge in [-0.25, -0.2) is 0 Å². The van der Waals surface area contributed by atoms with Gasteiger partial charge < -0.3 is 4.90 Å². The SMILES string of the molecule is CCC1(N(C)C)CCCC1. The molecule has 1 fully saturated rings. The van der Waals surface area contributed by atoms with Crippen LogP contribution in [0.25, 0.3) is 0 Å². The molecule has 0 aliphatic heterocycles. The van der Waals surface area contributed by atoms with Crippen molar-refractivity contribution in [1.82, 2.24) is 4.90 Å². The van der Waals surface area contributed by atoms with E-state index in [1.807, 2.05) is 0 Å². The molecule has 60 valence electrons. The zero-order valence-corrected chi connectivity index (χ0v) is 7.48. The van der Waals surface area contributed by atoms with Crippen LogP contribution >= 0.6 is 0 Å². The van der Waals surface area contributed by atoms with Crippen LogP contribution in [-0.2, 0) is 0 Å². The predicted molar refractivity (Wildman–Crippen MR) is 45.2 cm³/mol. The van der Waals surface area contributed by atoms with Crippen LogP contribution in [0.15, 0.2) is 0 Å². The minimum Gasteiger partial charge on any atom is -0.304 e. The summed E-state index contributed by atoms with van der Waals surface area (Å²) < 4.78 is 0. The molecule has 1 aliphatic rings. The van der Waals surface area contributed by atoms with E-state index in [1.54, 1.807) is 0 Å². The first-order valence-corrected chi connectivity index (χ1v) is 4.39. The van der Waals surface area contributed by atoms with Gasteiger partial charge in [0.25, 0.3) is 0 Å². The van der Waals surface area contributed by atoms with Crippen molar-refractivity contribution in [2.75, 3.05) is 14.1 Å². The molecule has 0 bridgehead atoms. The summed E-state index contributed by atoms with van der Waals surface area (Å²) in [5, 5.41) is 0. The maximum atomic E-state index is 2.42. The van der Waals surface area contributed by atoms with Gasteiger partial charge in [0.05, 0.1) is 0 Å². The molecule has 0 aromatic heterocycles. The van der Waals surface area contributed by atoms with E-state index < -0.39 is 0 Å². The molecular weight excluding hydrogens is 122 g/mol. The Morgan fingerprint density at radius 1 is 1.20 bits per heavy atom. The largest absolute Gasteiger partial charge is 0.304 e. The van der Waals surface area contributed by atoms with Gasteiger partial charge in [-0.2, -0.15) is 0 Å². The minimum atomic E-state index is 0.569. The van der Waals surface area contributed by atoms with Crippen LogP contribution in [0.3, 0.4) is 0 Å². The molecule has 1 rings (SSSR count). The second-order valence-corrected chi connectivity index (χ2v) is 3.68. The molecule has 0 aromatic carbocycles. The number of hydrogen-bond donors (Lipinski definition) is 0. The summed E-state index contributed by atoms with van der Waals surface area (Å²) in [5.41, 5.74) is 0.569. The van der Waals surface area contributed by atoms with E-state index >= 15 is 0 Å². The minimum absolute atomic E-state index is 0.569. The van der Waals surface area contributed by atoms with Crippen molar-refractivity contribution in [3.8, 4) is 0 Å². The van der Waals surface area contributed by atoms with Crippen LogP contribution in [0, 0.1) is 0 Å². The monoisotopic (exact) mass is 141 g/mol. The summed E-state index contributed by atoms with van der Waals surface area (Å²) in [7, 11) is 4.43. The van der Waals surface area contributed by atoms with Crippen LogP contribution < -0.4 is 0 Å². The van der Waals surface area contributed by atoms with Gasteiger partial charge in [-0.1, -0.05) is 19.8 Å². The third-order valence-corrected chi connectivity index (χ3v) is 3.14. The average molecular weight is 141 g/mol. The van der Waals surface area contributed by atoms with Crippen molar-refractivity contribution in [3.63, 3.8) is 0 Å². The van der Waals surface area contributed by atoms with Crippen molar-refractivity contribution in [2.45, 2.75) is 44.6 Å². The third-order valence-electron chi connectivity index (χ3n) is 3.14. The zero-order chi connectivity index (χ0) is 7.61. The molecule has 0 radical (unpaired) electrons. The van der Waals surface area contributed by atoms with Gasteiger partial charge in [-0.05, 0) is 33.4 Å². The highest BCUT2D eigenvalue weighted by Gasteiger charge is 2.33. The number of nitrogens with zero attached hydrogens (tertiary/aromatic N) is 1. The quantitative estimate of drug-likeness (QED) is 0.570. The molecule has 1 nitrogen and oxygen atoms in total. The fraction of sp³-hybridized carbons (Fsp3) is 1.00. The van der Waals surface area contributed by atoms with Crippen LogP contribution in [0.4, 0.5) is 0 Å². The fourth-order valence-corrected chi connectivity index (χ4v) is 2.15. The van der Waals surface area contributed by atoms with E-state index in [0.29, 0.717) is 5.54 Å². The Balaban J connectivity index is 2.58. The molecule has 1 saturated carbocycles. The molecule has 0 heterocycles. The maximum Gasteiger partial charge on any atom is 0.0200 e. The molecule has 1 heteroatoms. The predicted octanol–water partition coefficient (Wildman–Crippen LogP) is 2.27. The molecular formula is C9H19N. The van der Waals surface area contributed by atoms with E-state index in [0.717, 1.165) is 0 Å². The van der Waals surface area contributed by atoms with Crippen LogP contribution in [-0.4, -0.2) is 24.5 Å². The highest BCUT2D eigenvalue weighted by Crippen LogP contribution is 2.35. The van der Waals surface area contributed by atoms with Gasteiger partial charge in [0, 0.05) is 5.54 Å². The molecule has 10 heavy (non-hydrogen) atoms. The molecule has 0 aromatic rings. The lowest BCUT2D eigenvalue weighted by molar-refractivity contribution is 0.152. The summed E-state index contributed by atoms with van der Waals surface area (Å²) in [6.45, 7) is 2.31.